The number of hydrogen-bond acceptors (Lipinski definition) is 3. The molecular weight excluding hydrogens is 312 g/mol. The van der Waals surface area contributed by atoms with Gasteiger partial charge in [0.25, 0.3) is 5.91 Å². The van der Waals surface area contributed by atoms with E-state index in [2.05, 4.69) is 30.1 Å². The molecule has 4 heteroatoms. The van der Waals surface area contributed by atoms with Crippen LogP contribution >= 0.6 is 0 Å². The number of nitrogens with one attached hydrogen (secondary N) is 1. The van der Waals surface area contributed by atoms with Crippen LogP contribution in [-0.2, 0) is 4.79 Å². The summed E-state index contributed by atoms with van der Waals surface area (Å²) in [4.78, 5) is 14.7. The summed E-state index contributed by atoms with van der Waals surface area (Å²) in [5, 5.41) is 2.96. The summed E-state index contributed by atoms with van der Waals surface area (Å²) in [5.74, 6) is 0.543. The molecule has 0 spiro atoms. The minimum Gasteiger partial charge on any atom is -0.481 e. The van der Waals surface area contributed by atoms with Gasteiger partial charge in [-0.1, -0.05) is 17.7 Å². The Morgan fingerprint density at radius 2 is 1.72 bits per heavy atom. The Balaban J connectivity index is 2.03. The number of ether oxygens (including phenoxy) is 1. The number of aryl methyl sites for hydroxylation is 2. The zero-order valence-electron chi connectivity index (χ0n) is 15.8. The lowest BCUT2D eigenvalue weighted by molar-refractivity contribution is -0.122. The molecule has 0 heterocycles. The van der Waals surface area contributed by atoms with Crippen LogP contribution in [0.1, 0.15) is 31.9 Å². The molecule has 1 N–H and O–H groups in total. The van der Waals surface area contributed by atoms with Gasteiger partial charge in [0.05, 0.1) is 0 Å². The van der Waals surface area contributed by atoms with E-state index < -0.39 is 6.10 Å². The van der Waals surface area contributed by atoms with Crippen molar-refractivity contribution in [3.05, 3.63) is 53.6 Å². The molecule has 1 atom stereocenters. The van der Waals surface area contributed by atoms with E-state index in [0.717, 1.165) is 29.9 Å². The van der Waals surface area contributed by atoms with E-state index in [1.54, 1.807) is 6.92 Å². The third-order valence-electron chi connectivity index (χ3n) is 4.30. The minimum absolute atomic E-state index is 0.153. The summed E-state index contributed by atoms with van der Waals surface area (Å²) in [7, 11) is 0. The molecule has 2 aromatic rings. The number of amides is 1. The third kappa shape index (κ3) is 4.99. The molecule has 0 aliphatic heterocycles. The predicted molar refractivity (Wildman–Crippen MR) is 105 cm³/mol. The molecule has 2 rings (SSSR count). The first-order chi connectivity index (χ1) is 11.9. The maximum atomic E-state index is 12.4. The predicted octanol–water partition coefficient (Wildman–Crippen LogP) is 4.56. The lowest BCUT2D eigenvalue weighted by Crippen LogP contribution is -2.30. The van der Waals surface area contributed by atoms with Gasteiger partial charge in [-0.3, -0.25) is 4.79 Å². The van der Waals surface area contributed by atoms with Gasteiger partial charge in [-0.05, 0) is 70.5 Å². The van der Waals surface area contributed by atoms with Crippen LogP contribution in [-0.4, -0.2) is 25.1 Å². The second kappa shape index (κ2) is 8.56. The van der Waals surface area contributed by atoms with E-state index in [4.69, 9.17) is 4.74 Å². The van der Waals surface area contributed by atoms with E-state index in [-0.39, 0.29) is 5.91 Å². The minimum atomic E-state index is -0.565. The first kappa shape index (κ1) is 18.8. The van der Waals surface area contributed by atoms with Crippen LogP contribution in [0.4, 0.5) is 11.4 Å². The third-order valence-corrected chi connectivity index (χ3v) is 4.30. The Bertz CT molecular complexity index is 706. The Labute approximate surface area is 150 Å². The van der Waals surface area contributed by atoms with Crippen molar-refractivity contribution in [2.45, 2.75) is 40.7 Å². The molecule has 25 heavy (non-hydrogen) atoms. The summed E-state index contributed by atoms with van der Waals surface area (Å²) in [6.07, 6.45) is -0.565. The molecular formula is C21H28N2O2. The van der Waals surface area contributed by atoms with Crippen LogP contribution in [0.15, 0.2) is 42.5 Å². The molecule has 2 aromatic carbocycles. The summed E-state index contributed by atoms with van der Waals surface area (Å²) in [6, 6.07) is 13.8. The van der Waals surface area contributed by atoms with Crippen LogP contribution in [0.5, 0.6) is 5.75 Å². The van der Waals surface area contributed by atoms with Crippen LogP contribution in [0.2, 0.25) is 0 Å². The molecule has 0 aromatic heterocycles. The second-order valence-corrected chi connectivity index (χ2v) is 6.23. The van der Waals surface area contributed by atoms with Gasteiger partial charge in [0.2, 0.25) is 0 Å². The van der Waals surface area contributed by atoms with Crippen molar-refractivity contribution in [3.63, 3.8) is 0 Å². The standard InChI is InChI=1S/C21H28N2O2/c1-6-23(7-2)18-10-13-20(16(4)14-18)22-21(24)17(5)25-19-11-8-15(3)9-12-19/h8-14,17H,6-7H2,1-5H3,(H,22,24)/t17-/m0/s1. The molecule has 0 radical (unpaired) electrons. The molecule has 0 bridgehead atoms. The van der Waals surface area contributed by atoms with E-state index in [0.29, 0.717) is 5.75 Å². The highest BCUT2D eigenvalue weighted by atomic mass is 16.5. The lowest BCUT2D eigenvalue weighted by atomic mass is 10.1. The first-order valence-electron chi connectivity index (χ1n) is 8.84. The molecule has 4 nitrogen and oxygen atoms in total. The van der Waals surface area contributed by atoms with Crippen molar-refractivity contribution in [2.24, 2.45) is 0 Å². The van der Waals surface area contributed by atoms with Crippen LogP contribution in [0.3, 0.4) is 0 Å². The molecule has 0 fully saturated rings. The quantitative estimate of drug-likeness (QED) is 0.803. The van der Waals surface area contributed by atoms with Crippen LogP contribution in [0, 0.1) is 13.8 Å². The molecule has 0 saturated heterocycles. The summed E-state index contributed by atoms with van der Waals surface area (Å²) in [5.41, 5.74) is 4.19. The summed E-state index contributed by atoms with van der Waals surface area (Å²) >= 11 is 0. The van der Waals surface area contributed by atoms with Gasteiger partial charge in [0, 0.05) is 24.5 Å². The fourth-order valence-corrected chi connectivity index (χ4v) is 2.68. The number of rotatable bonds is 7. The molecule has 0 aliphatic carbocycles. The maximum Gasteiger partial charge on any atom is 0.265 e. The van der Waals surface area contributed by atoms with Crippen LogP contribution in [0.25, 0.3) is 0 Å². The Morgan fingerprint density at radius 3 is 2.28 bits per heavy atom. The Hall–Kier alpha value is -2.49. The van der Waals surface area contributed by atoms with E-state index >= 15 is 0 Å². The van der Waals surface area contributed by atoms with Crippen molar-refractivity contribution < 1.29 is 9.53 Å². The highest BCUT2D eigenvalue weighted by Gasteiger charge is 2.16. The molecule has 0 saturated carbocycles. The number of nitrogens with zero attached hydrogens (tertiary/aromatic N) is 1. The van der Waals surface area contributed by atoms with Gasteiger partial charge in [0.1, 0.15) is 5.75 Å². The van der Waals surface area contributed by atoms with E-state index in [1.807, 2.05) is 50.2 Å². The maximum absolute atomic E-state index is 12.4. The van der Waals surface area contributed by atoms with E-state index in [1.165, 1.54) is 5.69 Å². The molecule has 134 valence electrons. The smallest absolute Gasteiger partial charge is 0.265 e. The Kier molecular flexibility index (Phi) is 6.45. The highest BCUT2D eigenvalue weighted by molar-refractivity contribution is 5.95. The topological polar surface area (TPSA) is 41.6 Å². The van der Waals surface area contributed by atoms with Gasteiger partial charge in [-0.25, -0.2) is 0 Å². The van der Waals surface area contributed by atoms with Gasteiger partial charge in [-0.15, -0.1) is 0 Å². The fourth-order valence-electron chi connectivity index (χ4n) is 2.68. The second-order valence-electron chi connectivity index (χ2n) is 6.23. The normalized spacial score (nSPS) is 11.7. The SMILES string of the molecule is CCN(CC)c1ccc(NC(=O)[C@H](C)Oc2ccc(C)cc2)c(C)c1. The van der Waals surface area contributed by atoms with Crippen molar-refractivity contribution in [1.29, 1.82) is 0 Å². The van der Waals surface area contributed by atoms with Gasteiger partial charge in [-0.2, -0.15) is 0 Å². The first-order valence-corrected chi connectivity index (χ1v) is 8.84. The Morgan fingerprint density at radius 1 is 1.08 bits per heavy atom. The zero-order chi connectivity index (χ0) is 18.4. The van der Waals surface area contributed by atoms with Crippen LogP contribution < -0.4 is 15.0 Å². The van der Waals surface area contributed by atoms with Gasteiger partial charge < -0.3 is 15.0 Å². The van der Waals surface area contributed by atoms with Crippen molar-refractivity contribution in [3.8, 4) is 5.75 Å². The largest absolute Gasteiger partial charge is 0.481 e. The van der Waals surface area contributed by atoms with Crippen molar-refractivity contribution in [1.82, 2.24) is 0 Å². The average Bonchev–Trinajstić information content (AvgIpc) is 2.60. The molecule has 0 unspecified atom stereocenters. The van der Waals surface area contributed by atoms with Gasteiger partial charge in [0.15, 0.2) is 6.10 Å². The summed E-state index contributed by atoms with van der Waals surface area (Å²) < 4.78 is 5.72. The average molecular weight is 340 g/mol. The van der Waals surface area contributed by atoms with Crippen molar-refractivity contribution >= 4 is 17.3 Å². The highest BCUT2D eigenvalue weighted by Crippen LogP contribution is 2.23. The fraction of sp³-hybridized carbons (Fsp3) is 0.381. The van der Waals surface area contributed by atoms with Gasteiger partial charge >= 0.3 is 0 Å². The number of hydrogen-bond donors (Lipinski definition) is 1. The summed E-state index contributed by atoms with van der Waals surface area (Å²) in [6.45, 7) is 12.0. The number of anilines is 2. The molecule has 0 aliphatic rings. The van der Waals surface area contributed by atoms with E-state index in [9.17, 15) is 4.79 Å². The zero-order valence-corrected chi connectivity index (χ0v) is 15.8. The number of carbonyl (C=O) groups excluding carboxylic acids is 1. The lowest BCUT2D eigenvalue weighted by Gasteiger charge is -2.22. The number of benzene rings is 2. The monoisotopic (exact) mass is 340 g/mol. The van der Waals surface area contributed by atoms with Crippen molar-refractivity contribution in [2.75, 3.05) is 23.3 Å². The number of carbonyl (C=O) groups is 1. The molecule has 1 amide bonds.